The minimum absolute atomic E-state index is 0.0596. The first-order valence-corrected chi connectivity index (χ1v) is 18.2. The van der Waals surface area contributed by atoms with Crippen molar-refractivity contribution in [2.75, 3.05) is 33.9 Å². The molecule has 0 saturated heterocycles. The van der Waals surface area contributed by atoms with Crippen LogP contribution >= 0.6 is 0 Å². The lowest BCUT2D eigenvalue weighted by atomic mass is 9.64. The number of hydrogen-bond donors (Lipinski definition) is 4. The van der Waals surface area contributed by atoms with Gasteiger partial charge in [-0.15, -0.1) is 0 Å². The van der Waals surface area contributed by atoms with E-state index in [1.165, 1.54) is 12.1 Å². The molecule has 0 heterocycles. The number of fused-ring (bicyclic) bond motifs is 8. The van der Waals surface area contributed by atoms with Gasteiger partial charge in [-0.25, -0.2) is 0 Å². The van der Waals surface area contributed by atoms with Crippen molar-refractivity contribution in [3.63, 3.8) is 0 Å². The zero-order valence-electron chi connectivity index (χ0n) is 31.0. The molecule has 3 aromatic carbocycles. The quantitative estimate of drug-likeness (QED) is 0.125. The Balaban J connectivity index is 1.60. The number of ketones is 1. The summed E-state index contributed by atoms with van der Waals surface area (Å²) in [6.45, 7) is 4.03. The van der Waals surface area contributed by atoms with Crippen molar-refractivity contribution in [1.29, 1.82) is 0 Å². The molecule has 11 heteroatoms. The number of carbonyl (C=O) groups excluding carboxylic acids is 1. The Morgan fingerprint density at radius 3 is 2.51 bits per heavy atom. The number of hydrogen-bond acceptors (Lipinski definition) is 8. The van der Waals surface area contributed by atoms with Crippen LogP contribution in [0.1, 0.15) is 96.5 Å². The number of rotatable bonds is 11. The normalized spacial score (nSPS) is 24.3. The first kappa shape index (κ1) is 40.4. The molecule has 2 bridgehead atoms. The summed E-state index contributed by atoms with van der Waals surface area (Å²) in [6, 6.07) is 15.3. The third-order valence-corrected chi connectivity index (χ3v) is 11.4. The average Bonchev–Trinajstić information content (AvgIpc) is 3.38. The zero-order valence-corrected chi connectivity index (χ0v) is 31.0. The molecule has 6 rings (SSSR count). The van der Waals surface area contributed by atoms with Crippen LogP contribution in [0, 0.1) is 5.41 Å². The molecule has 0 unspecified atom stereocenters. The van der Waals surface area contributed by atoms with E-state index in [-0.39, 0.29) is 43.1 Å². The molecule has 0 spiro atoms. The van der Waals surface area contributed by atoms with Crippen molar-refractivity contribution >= 4 is 5.78 Å². The predicted molar refractivity (Wildman–Crippen MR) is 196 cm³/mol. The summed E-state index contributed by atoms with van der Waals surface area (Å²) in [5.41, 5.74) is 0.304. The van der Waals surface area contributed by atoms with Gasteiger partial charge in [0.1, 0.15) is 11.5 Å². The number of ether oxygens (including phenoxy) is 2. The number of alkyl halides is 3. The predicted octanol–water partition coefficient (Wildman–Crippen LogP) is 6.85. The van der Waals surface area contributed by atoms with E-state index in [0.29, 0.717) is 61.2 Å². The zero-order chi connectivity index (χ0) is 38.6. The Hall–Kier alpha value is -3.74. The molecule has 1 fully saturated rings. The molecule has 0 amide bonds. The van der Waals surface area contributed by atoms with Crippen LogP contribution in [0.15, 0.2) is 72.3 Å². The lowest BCUT2D eigenvalue weighted by Gasteiger charge is -2.46. The van der Waals surface area contributed by atoms with Gasteiger partial charge in [-0.1, -0.05) is 48.9 Å². The summed E-state index contributed by atoms with van der Waals surface area (Å²) in [5.74, 6) is 0.253. The smallest absolute Gasteiger partial charge is 0.416 e. The minimum Gasteiger partial charge on any atom is -0.497 e. The number of benzene rings is 3. The van der Waals surface area contributed by atoms with Crippen molar-refractivity contribution in [2.24, 2.45) is 5.41 Å². The molecule has 0 aromatic heterocycles. The van der Waals surface area contributed by atoms with Crippen molar-refractivity contribution in [3.8, 4) is 11.5 Å². The Labute approximate surface area is 309 Å². The second-order valence-corrected chi connectivity index (χ2v) is 15.0. The van der Waals surface area contributed by atoms with Gasteiger partial charge in [0.15, 0.2) is 5.78 Å². The maximum Gasteiger partial charge on any atom is 0.416 e. The second kappa shape index (κ2) is 16.7. The Morgan fingerprint density at radius 2 is 1.81 bits per heavy atom. The average molecular weight is 740 g/mol. The molecular formula is C42H52F3NO7. The van der Waals surface area contributed by atoms with Gasteiger partial charge in [-0.3, -0.25) is 9.69 Å². The molecule has 3 aliphatic carbocycles. The van der Waals surface area contributed by atoms with Crippen molar-refractivity contribution in [1.82, 2.24) is 4.90 Å². The van der Waals surface area contributed by atoms with Crippen LogP contribution in [0.3, 0.4) is 0 Å². The summed E-state index contributed by atoms with van der Waals surface area (Å²) in [5, 5.41) is 44.3. The van der Waals surface area contributed by atoms with Gasteiger partial charge in [0, 0.05) is 47.8 Å². The lowest BCUT2D eigenvalue weighted by molar-refractivity contribution is -0.137. The van der Waals surface area contributed by atoms with E-state index in [1.54, 1.807) is 32.4 Å². The minimum atomic E-state index is -4.63. The van der Waals surface area contributed by atoms with Gasteiger partial charge in [0.25, 0.3) is 0 Å². The number of halogens is 3. The Morgan fingerprint density at radius 1 is 1.04 bits per heavy atom. The Kier molecular flexibility index (Phi) is 12.8. The van der Waals surface area contributed by atoms with E-state index in [0.717, 1.165) is 23.3 Å². The second-order valence-electron chi connectivity index (χ2n) is 15.0. The fraction of sp³-hybridized carbons (Fsp3) is 0.500. The molecule has 5 atom stereocenters. The fourth-order valence-electron chi connectivity index (χ4n) is 8.32. The lowest BCUT2D eigenvalue weighted by Crippen LogP contribution is -2.53. The van der Waals surface area contributed by atoms with Crippen molar-refractivity contribution in [2.45, 2.75) is 95.2 Å². The highest BCUT2D eigenvalue weighted by Crippen LogP contribution is 2.59. The first-order valence-electron chi connectivity index (χ1n) is 18.2. The number of allylic oxidation sites excluding steroid dienone is 2. The van der Waals surface area contributed by atoms with Crippen LogP contribution in [0.4, 0.5) is 13.2 Å². The molecule has 4 N–H and O–H groups in total. The first-order chi connectivity index (χ1) is 25.1. The van der Waals surface area contributed by atoms with Crippen LogP contribution in [0.5, 0.6) is 11.5 Å². The highest BCUT2D eigenvalue weighted by molar-refractivity contribution is 6.10. The highest BCUT2D eigenvalue weighted by Gasteiger charge is 2.57. The van der Waals surface area contributed by atoms with E-state index in [2.05, 4.69) is 6.08 Å². The maximum atomic E-state index is 14.3. The number of nitrogens with zero attached hydrogens (tertiary/aromatic N) is 1. The van der Waals surface area contributed by atoms with Crippen molar-refractivity contribution in [3.05, 3.63) is 106 Å². The van der Waals surface area contributed by atoms with E-state index in [9.17, 15) is 38.4 Å². The van der Waals surface area contributed by atoms with Crippen LogP contribution in [-0.2, 0) is 19.1 Å². The summed E-state index contributed by atoms with van der Waals surface area (Å²) < 4.78 is 52.3. The fourth-order valence-corrected chi connectivity index (χ4v) is 8.32. The van der Waals surface area contributed by atoms with Gasteiger partial charge < -0.3 is 29.9 Å². The topological polar surface area (TPSA) is 120 Å². The summed E-state index contributed by atoms with van der Waals surface area (Å²) >= 11 is 0. The van der Waals surface area contributed by atoms with Crippen molar-refractivity contribution < 1.29 is 47.9 Å². The van der Waals surface area contributed by atoms with E-state index >= 15 is 0 Å². The van der Waals surface area contributed by atoms with Gasteiger partial charge in [-0.05, 0) is 93.2 Å². The van der Waals surface area contributed by atoms with E-state index < -0.39 is 47.4 Å². The molecule has 1 saturated carbocycles. The SMILES string of the molecule is COc1ccc(CN(C[C@H](O)CO)C[C@]2(O)CC[C@H]3c4ccc(cc4C(=O)c4cccc(C(F)(F)F)c4)C[C@@H](O)CCC(C)=CCC[C@@]32C)c(OC)c1. The van der Waals surface area contributed by atoms with Gasteiger partial charge in [0.05, 0.1) is 44.2 Å². The third kappa shape index (κ3) is 9.15. The van der Waals surface area contributed by atoms with Crippen LogP contribution in [-0.4, -0.2) is 82.8 Å². The highest BCUT2D eigenvalue weighted by atomic mass is 19.4. The number of methoxy groups -OCH3 is 2. The molecular weight excluding hydrogens is 687 g/mol. The van der Waals surface area contributed by atoms with Crippen LogP contribution in [0.2, 0.25) is 0 Å². The maximum absolute atomic E-state index is 14.3. The van der Waals surface area contributed by atoms with E-state index in [1.807, 2.05) is 36.9 Å². The molecule has 288 valence electrons. The number of aliphatic hydroxyl groups is 4. The molecule has 8 nitrogen and oxygen atoms in total. The van der Waals surface area contributed by atoms with Crippen LogP contribution in [0.25, 0.3) is 0 Å². The van der Waals surface area contributed by atoms with Gasteiger partial charge in [0.2, 0.25) is 0 Å². The number of aliphatic hydroxyl groups excluding tert-OH is 3. The largest absolute Gasteiger partial charge is 0.497 e. The summed E-state index contributed by atoms with van der Waals surface area (Å²) in [7, 11) is 3.11. The standard InChI is InChI=1S/C42H52F3NO7/c1-27-7-6-17-40(2)37(16-18-41(40,51)26-46(24-33(49)25-47)23-30-12-14-34(52-3)22-38(30)53-4)35-15-11-28(19-32(48)13-10-27)20-36(35)39(50)29-8-5-9-31(21-29)42(43,44)45/h5,7-9,11-12,14-15,20-22,32-33,37,47-49,51H,6,10,13,16-19,23-26H2,1-4H3/t32-,33-,37-,40-,41+/m0/s1. The molecule has 53 heavy (non-hydrogen) atoms. The van der Waals surface area contributed by atoms with E-state index in [4.69, 9.17) is 9.47 Å². The monoisotopic (exact) mass is 739 g/mol. The van der Waals surface area contributed by atoms with Gasteiger partial charge in [-0.2, -0.15) is 13.2 Å². The summed E-state index contributed by atoms with van der Waals surface area (Å²) in [6.07, 6.45) is -0.841. The Bertz CT molecular complexity index is 1780. The molecule has 0 aliphatic heterocycles. The molecule has 3 aromatic rings. The molecule has 3 aliphatic rings. The van der Waals surface area contributed by atoms with Gasteiger partial charge >= 0.3 is 6.18 Å². The number of carbonyl (C=O) groups is 1. The van der Waals surface area contributed by atoms with Crippen LogP contribution < -0.4 is 9.47 Å². The third-order valence-electron chi connectivity index (χ3n) is 11.4. The summed E-state index contributed by atoms with van der Waals surface area (Å²) in [4.78, 5) is 16.2. The molecule has 0 radical (unpaired) electrons.